The van der Waals surface area contributed by atoms with E-state index in [0.29, 0.717) is 35.1 Å². The molecule has 1 heterocycles. The molecule has 0 saturated heterocycles. The van der Waals surface area contributed by atoms with Crippen molar-refractivity contribution in [3.05, 3.63) is 56.3 Å². The maximum atomic E-state index is 12.8. The number of carbonyl (C=O) groups is 2. The molecule has 1 atom stereocenters. The summed E-state index contributed by atoms with van der Waals surface area (Å²) >= 11 is 12.7. The minimum Gasteiger partial charge on any atom is -0.466 e. The van der Waals surface area contributed by atoms with Crippen LogP contribution in [0.15, 0.2) is 40.7 Å². The lowest BCUT2D eigenvalue weighted by Crippen LogP contribution is -2.35. The SMILES string of the molecule is CCOC(=O)C1=C(C)NC(COCCN)=C(C(=O)OC)C1c1cccc(Cl)c1Cl. The van der Waals surface area contributed by atoms with E-state index in [-0.39, 0.29) is 29.4 Å². The highest BCUT2D eigenvalue weighted by Crippen LogP contribution is 2.43. The van der Waals surface area contributed by atoms with Crippen molar-refractivity contribution in [2.24, 2.45) is 5.73 Å². The Morgan fingerprint density at radius 1 is 1.21 bits per heavy atom. The van der Waals surface area contributed by atoms with Gasteiger partial charge in [0, 0.05) is 12.2 Å². The number of dihydropyridines is 1. The van der Waals surface area contributed by atoms with Crippen molar-refractivity contribution in [1.29, 1.82) is 0 Å². The number of esters is 2. The highest BCUT2D eigenvalue weighted by Gasteiger charge is 2.39. The number of hydrogen-bond acceptors (Lipinski definition) is 7. The second-order valence-electron chi connectivity index (χ2n) is 6.19. The van der Waals surface area contributed by atoms with E-state index in [4.69, 9.17) is 43.1 Å². The van der Waals surface area contributed by atoms with Gasteiger partial charge in [0.1, 0.15) is 0 Å². The lowest BCUT2D eigenvalue weighted by atomic mass is 9.80. The molecule has 2 rings (SSSR count). The minimum absolute atomic E-state index is 0.0732. The van der Waals surface area contributed by atoms with Crippen molar-refractivity contribution in [3.8, 4) is 0 Å². The Morgan fingerprint density at radius 3 is 2.55 bits per heavy atom. The van der Waals surface area contributed by atoms with Crippen molar-refractivity contribution in [1.82, 2.24) is 5.32 Å². The Kier molecular flexibility index (Phi) is 8.52. The van der Waals surface area contributed by atoms with Gasteiger partial charge < -0.3 is 25.3 Å². The minimum atomic E-state index is -0.842. The molecule has 1 aromatic rings. The number of benzene rings is 1. The summed E-state index contributed by atoms with van der Waals surface area (Å²) < 4.78 is 15.8. The third-order valence-electron chi connectivity index (χ3n) is 4.35. The molecule has 0 fully saturated rings. The standard InChI is InChI=1S/C20H24Cl2N2O5/c1-4-29-20(26)15-11(2)24-14(10-28-9-8-23)17(19(25)27-3)16(15)12-6-5-7-13(21)18(12)22/h5-7,16,24H,4,8-10,23H2,1-3H3. The number of halogens is 2. The first-order valence-electron chi connectivity index (χ1n) is 9.05. The first-order valence-corrected chi connectivity index (χ1v) is 9.80. The zero-order chi connectivity index (χ0) is 21.6. The Morgan fingerprint density at radius 2 is 1.93 bits per heavy atom. The Balaban J connectivity index is 2.71. The summed E-state index contributed by atoms with van der Waals surface area (Å²) in [6.07, 6.45) is 0. The van der Waals surface area contributed by atoms with Crippen LogP contribution in [0, 0.1) is 0 Å². The summed E-state index contributed by atoms with van der Waals surface area (Å²) in [5.74, 6) is -2.04. The van der Waals surface area contributed by atoms with Crippen LogP contribution >= 0.6 is 23.2 Å². The van der Waals surface area contributed by atoms with Crippen LogP contribution in [-0.2, 0) is 23.8 Å². The van der Waals surface area contributed by atoms with Crippen LogP contribution in [0.3, 0.4) is 0 Å². The fourth-order valence-electron chi connectivity index (χ4n) is 3.15. The van der Waals surface area contributed by atoms with Gasteiger partial charge in [0.15, 0.2) is 0 Å². The Bertz CT molecular complexity index is 851. The largest absolute Gasteiger partial charge is 0.466 e. The van der Waals surface area contributed by atoms with Gasteiger partial charge in [-0.1, -0.05) is 35.3 Å². The number of nitrogens with two attached hydrogens (primary N) is 1. The first-order chi connectivity index (χ1) is 13.9. The molecule has 0 aliphatic carbocycles. The Hall–Kier alpha value is -2.06. The number of hydrogen-bond donors (Lipinski definition) is 2. The summed E-state index contributed by atoms with van der Waals surface area (Å²) in [6, 6.07) is 5.03. The van der Waals surface area contributed by atoms with Gasteiger partial charge in [0.05, 0.1) is 59.7 Å². The molecule has 0 radical (unpaired) electrons. The van der Waals surface area contributed by atoms with Crippen LogP contribution in [0.25, 0.3) is 0 Å². The van der Waals surface area contributed by atoms with Gasteiger partial charge in [-0.25, -0.2) is 9.59 Å². The molecule has 29 heavy (non-hydrogen) atoms. The monoisotopic (exact) mass is 442 g/mol. The highest BCUT2D eigenvalue weighted by atomic mass is 35.5. The van der Waals surface area contributed by atoms with Gasteiger partial charge >= 0.3 is 11.9 Å². The Labute approximate surface area is 179 Å². The van der Waals surface area contributed by atoms with E-state index in [1.54, 1.807) is 32.0 Å². The highest BCUT2D eigenvalue weighted by molar-refractivity contribution is 6.42. The maximum Gasteiger partial charge on any atom is 0.336 e. The zero-order valence-electron chi connectivity index (χ0n) is 16.5. The predicted octanol–water partition coefficient (Wildman–Crippen LogP) is 2.92. The molecule has 158 valence electrons. The smallest absolute Gasteiger partial charge is 0.336 e. The normalized spacial score (nSPS) is 16.6. The van der Waals surface area contributed by atoms with Crippen LogP contribution in [0.5, 0.6) is 0 Å². The van der Waals surface area contributed by atoms with E-state index in [1.807, 2.05) is 0 Å². The summed E-state index contributed by atoms with van der Waals surface area (Å²) in [6.45, 7) is 4.30. The number of allylic oxidation sites excluding steroid dienone is 1. The topological polar surface area (TPSA) is 99.9 Å². The summed E-state index contributed by atoms with van der Waals surface area (Å²) in [7, 11) is 1.26. The van der Waals surface area contributed by atoms with Gasteiger partial charge in [-0.2, -0.15) is 0 Å². The van der Waals surface area contributed by atoms with Crippen molar-refractivity contribution < 1.29 is 23.8 Å². The number of nitrogens with one attached hydrogen (secondary N) is 1. The molecular weight excluding hydrogens is 419 g/mol. The first kappa shape index (κ1) is 23.2. The van der Waals surface area contributed by atoms with Crippen LogP contribution < -0.4 is 11.1 Å². The van der Waals surface area contributed by atoms with Crippen molar-refractivity contribution in [2.75, 3.05) is 33.5 Å². The zero-order valence-corrected chi connectivity index (χ0v) is 18.0. The summed E-state index contributed by atoms with van der Waals surface area (Å²) in [5, 5.41) is 3.61. The molecule has 9 heteroatoms. The van der Waals surface area contributed by atoms with Crippen LogP contribution in [0.2, 0.25) is 10.0 Å². The lowest BCUT2D eigenvalue weighted by molar-refractivity contribution is -0.139. The number of rotatable bonds is 8. The van der Waals surface area contributed by atoms with E-state index in [1.165, 1.54) is 7.11 Å². The summed E-state index contributed by atoms with van der Waals surface area (Å²) in [4.78, 5) is 25.6. The van der Waals surface area contributed by atoms with Gasteiger partial charge in [0.25, 0.3) is 0 Å². The molecule has 3 N–H and O–H groups in total. The fraction of sp³-hybridized carbons (Fsp3) is 0.400. The number of carbonyl (C=O) groups excluding carboxylic acids is 2. The van der Waals surface area contributed by atoms with Gasteiger partial charge in [-0.15, -0.1) is 0 Å². The lowest BCUT2D eigenvalue weighted by Gasteiger charge is -2.31. The summed E-state index contributed by atoms with van der Waals surface area (Å²) in [5.41, 5.74) is 7.39. The molecule has 7 nitrogen and oxygen atoms in total. The van der Waals surface area contributed by atoms with E-state index in [0.717, 1.165) is 0 Å². The second-order valence-corrected chi connectivity index (χ2v) is 6.97. The molecule has 1 aliphatic heterocycles. The molecule has 0 saturated carbocycles. The molecule has 1 aliphatic rings. The van der Waals surface area contributed by atoms with Crippen molar-refractivity contribution in [2.45, 2.75) is 19.8 Å². The average molecular weight is 443 g/mol. The fourth-order valence-corrected chi connectivity index (χ4v) is 3.57. The average Bonchev–Trinajstić information content (AvgIpc) is 2.69. The quantitative estimate of drug-likeness (QED) is 0.471. The molecule has 1 unspecified atom stereocenters. The van der Waals surface area contributed by atoms with E-state index >= 15 is 0 Å². The van der Waals surface area contributed by atoms with Crippen molar-refractivity contribution in [3.63, 3.8) is 0 Å². The van der Waals surface area contributed by atoms with E-state index < -0.39 is 17.9 Å². The third kappa shape index (κ3) is 5.11. The van der Waals surface area contributed by atoms with E-state index in [2.05, 4.69) is 5.32 Å². The predicted molar refractivity (Wildman–Crippen MR) is 111 cm³/mol. The van der Waals surface area contributed by atoms with Gasteiger partial charge in [-0.05, 0) is 25.5 Å². The maximum absolute atomic E-state index is 12.8. The molecule has 1 aromatic carbocycles. The third-order valence-corrected chi connectivity index (χ3v) is 5.18. The molecule has 0 bridgehead atoms. The number of methoxy groups -OCH3 is 1. The van der Waals surface area contributed by atoms with Crippen LogP contribution in [0.4, 0.5) is 0 Å². The van der Waals surface area contributed by atoms with Crippen LogP contribution in [-0.4, -0.2) is 45.4 Å². The second kappa shape index (κ2) is 10.6. The molecule has 0 amide bonds. The molecule has 0 aromatic heterocycles. The van der Waals surface area contributed by atoms with Crippen LogP contribution in [0.1, 0.15) is 25.3 Å². The molecule has 0 spiro atoms. The van der Waals surface area contributed by atoms with Gasteiger partial charge in [0.2, 0.25) is 0 Å². The number of ether oxygens (including phenoxy) is 3. The van der Waals surface area contributed by atoms with Crippen molar-refractivity contribution >= 4 is 35.1 Å². The molecular formula is C20H24Cl2N2O5. The van der Waals surface area contributed by atoms with Gasteiger partial charge in [-0.3, -0.25) is 0 Å². The van der Waals surface area contributed by atoms with E-state index in [9.17, 15) is 9.59 Å².